The quantitative estimate of drug-likeness (QED) is 0.560. The molecule has 0 bridgehead atoms. The number of methoxy groups -OCH3 is 2. The first-order valence-electron chi connectivity index (χ1n) is 9.33. The number of anilines is 2. The Balaban J connectivity index is 1.59. The summed E-state index contributed by atoms with van der Waals surface area (Å²) in [6.07, 6.45) is 0.818. The monoisotopic (exact) mass is 425 g/mol. The first-order chi connectivity index (χ1) is 14.5. The summed E-state index contributed by atoms with van der Waals surface area (Å²) in [5, 5.41) is 8.00. The van der Waals surface area contributed by atoms with Crippen LogP contribution in [0.1, 0.15) is 18.9 Å². The summed E-state index contributed by atoms with van der Waals surface area (Å²) >= 11 is 1.37. The van der Waals surface area contributed by atoms with Crippen molar-refractivity contribution in [1.29, 1.82) is 0 Å². The minimum absolute atomic E-state index is 0.118. The molecule has 1 aromatic heterocycles. The first kappa shape index (κ1) is 21.3. The second-order valence-corrected chi connectivity index (χ2v) is 7.38. The smallest absolute Gasteiger partial charge is 0.226 e. The van der Waals surface area contributed by atoms with Crippen LogP contribution in [0, 0.1) is 0 Å². The molecule has 30 heavy (non-hydrogen) atoms. The lowest BCUT2D eigenvalue weighted by atomic mass is 10.1. The van der Waals surface area contributed by atoms with Gasteiger partial charge in [0, 0.05) is 30.0 Å². The van der Waals surface area contributed by atoms with Gasteiger partial charge < -0.3 is 20.1 Å². The summed E-state index contributed by atoms with van der Waals surface area (Å²) in [7, 11) is 3.21. The third-order valence-corrected chi connectivity index (χ3v) is 5.12. The molecule has 7 nitrogen and oxygen atoms in total. The lowest BCUT2D eigenvalue weighted by molar-refractivity contribution is -0.116. The Morgan fingerprint density at radius 3 is 2.47 bits per heavy atom. The highest BCUT2D eigenvalue weighted by molar-refractivity contribution is 7.14. The van der Waals surface area contributed by atoms with Crippen molar-refractivity contribution in [3.8, 4) is 22.8 Å². The average Bonchev–Trinajstić information content (AvgIpc) is 3.20. The maximum absolute atomic E-state index is 12.4. The van der Waals surface area contributed by atoms with Crippen molar-refractivity contribution in [3.63, 3.8) is 0 Å². The Kier molecular flexibility index (Phi) is 7.03. The molecule has 0 aliphatic carbocycles. The minimum atomic E-state index is -0.123. The molecule has 2 aromatic carbocycles. The van der Waals surface area contributed by atoms with Crippen molar-refractivity contribution in [2.45, 2.75) is 19.8 Å². The fourth-order valence-electron chi connectivity index (χ4n) is 2.90. The van der Waals surface area contributed by atoms with Gasteiger partial charge >= 0.3 is 0 Å². The second-order valence-electron chi connectivity index (χ2n) is 6.52. The molecular weight excluding hydrogens is 402 g/mol. The standard InChI is InChI=1S/C22H23N3O4S/c1-14(26)23-17-7-4-15(5-8-17)19-13-30-22(24-19)25-21(27)11-6-16-12-18(28-2)9-10-20(16)29-3/h4-5,7-10,12-13H,6,11H2,1-3H3,(H,23,26)(H,24,25,27). The van der Waals surface area contributed by atoms with Crippen LogP contribution in [0.25, 0.3) is 11.3 Å². The number of thiazole rings is 1. The Morgan fingerprint density at radius 2 is 1.80 bits per heavy atom. The van der Waals surface area contributed by atoms with Crippen LogP contribution in [0.3, 0.4) is 0 Å². The highest BCUT2D eigenvalue weighted by Gasteiger charge is 2.11. The summed E-state index contributed by atoms with van der Waals surface area (Å²) in [5.41, 5.74) is 3.30. The zero-order chi connectivity index (χ0) is 21.5. The van der Waals surface area contributed by atoms with Gasteiger partial charge in [-0.2, -0.15) is 0 Å². The Hall–Kier alpha value is -3.39. The largest absolute Gasteiger partial charge is 0.497 e. The molecule has 0 spiro atoms. The van der Waals surface area contributed by atoms with Crippen molar-refractivity contribution in [1.82, 2.24) is 4.98 Å². The van der Waals surface area contributed by atoms with E-state index in [-0.39, 0.29) is 11.8 Å². The number of rotatable bonds is 8. The van der Waals surface area contributed by atoms with Crippen molar-refractivity contribution in [2.75, 3.05) is 24.9 Å². The van der Waals surface area contributed by atoms with Gasteiger partial charge in [-0.05, 0) is 42.3 Å². The number of carbonyl (C=O) groups excluding carboxylic acids is 2. The van der Waals surface area contributed by atoms with Crippen molar-refractivity contribution in [2.24, 2.45) is 0 Å². The fourth-order valence-corrected chi connectivity index (χ4v) is 3.63. The lowest BCUT2D eigenvalue weighted by Crippen LogP contribution is -2.12. The van der Waals surface area contributed by atoms with Crippen molar-refractivity contribution >= 4 is 34.0 Å². The van der Waals surface area contributed by atoms with Gasteiger partial charge in [0.2, 0.25) is 11.8 Å². The molecule has 0 aliphatic rings. The molecule has 2 N–H and O–H groups in total. The molecule has 0 fully saturated rings. The van der Waals surface area contributed by atoms with Gasteiger partial charge in [-0.1, -0.05) is 12.1 Å². The molecule has 0 aliphatic heterocycles. The van der Waals surface area contributed by atoms with Crippen LogP contribution in [0.4, 0.5) is 10.8 Å². The number of hydrogen-bond donors (Lipinski definition) is 2. The van der Waals surface area contributed by atoms with E-state index in [1.807, 2.05) is 47.8 Å². The van der Waals surface area contributed by atoms with E-state index in [1.165, 1.54) is 18.3 Å². The van der Waals surface area contributed by atoms with Crippen LogP contribution in [-0.4, -0.2) is 31.0 Å². The van der Waals surface area contributed by atoms with E-state index in [1.54, 1.807) is 14.2 Å². The molecule has 0 saturated carbocycles. The third kappa shape index (κ3) is 5.57. The van der Waals surface area contributed by atoms with Crippen LogP contribution in [0.2, 0.25) is 0 Å². The maximum atomic E-state index is 12.4. The van der Waals surface area contributed by atoms with Gasteiger partial charge in [-0.15, -0.1) is 11.3 Å². The molecule has 8 heteroatoms. The molecule has 3 aromatic rings. The highest BCUT2D eigenvalue weighted by Crippen LogP contribution is 2.27. The number of nitrogens with one attached hydrogen (secondary N) is 2. The van der Waals surface area contributed by atoms with Gasteiger partial charge in [0.05, 0.1) is 19.9 Å². The predicted molar refractivity (Wildman–Crippen MR) is 118 cm³/mol. The number of ether oxygens (including phenoxy) is 2. The molecule has 0 atom stereocenters. The van der Waals surface area contributed by atoms with Crippen LogP contribution in [-0.2, 0) is 16.0 Å². The minimum Gasteiger partial charge on any atom is -0.497 e. The lowest BCUT2D eigenvalue weighted by Gasteiger charge is -2.10. The van der Waals surface area contributed by atoms with Gasteiger partial charge in [-0.3, -0.25) is 9.59 Å². The SMILES string of the molecule is COc1ccc(OC)c(CCC(=O)Nc2nc(-c3ccc(NC(C)=O)cc3)cs2)c1. The number of hydrogen-bond acceptors (Lipinski definition) is 6. The van der Waals surface area contributed by atoms with E-state index in [0.717, 1.165) is 34.0 Å². The van der Waals surface area contributed by atoms with Crippen LogP contribution >= 0.6 is 11.3 Å². The van der Waals surface area contributed by atoms with Gasteiger partial charge in [0.1, 0.15) is 11.5 Å². The van der Waals surface area contributed by atoms with Gasteiger partial charge in [0.15, 0.2) is 5.13 Å². The van der Waals surface area contributed by atoms with Crippen LogP contribution in [0.5, 0.6) is 11.5 Å². The first-order valence-corrected chi connectivity index (χ1v) is 10.2. The van der Waals surface area contributed by atoms with E-state index in [4.69, 9.17) is 9.47 Å². The van der Waals surface area contributed by atoms with Crippen molar-refractivity contribution in [3.05, 3.63) is 53.4 Å². The van der Waals surface area contributed by atoms with Gasteiger partial charge in [-0.25, -0.2) is 4.98 Å². The Bertz CT molecular complexity index is 1030. The zero-order valence-corrected chi connectivity index (χ0v) is 17.8. The maximum Gasteiger partial charge on any atom is 0.226 e. The second kappa shape index (κ2) is 9.89. The van der Waals surface area contributed by atoms with E-state index in [2.05, 4.69) is 15.6 Å². The molecule has 3 rings (SSSR count). The van der Waals surface area contributed by atoms with E-state index < -0.39 is 0 Å². The number of amides is 2. The number of benzene rings is 2. The summed E-state index contributed by atoms with van der Waals surface area (Å²) in [6, 6.07) is 12.9. The predicted octanol–water partition coefficient (Wildman–Crippen LogP) is 4.36. The highest BCUT2D eigenvalue weighted by atomic mass is 32.1. The molecule has 0 unspecified atom stereocenters. The molecular formula is C22H23N3O4S. The molecule has 0 saturated heterocycles. The number of nitrogens with zero attached hydrogens (tertiary/aromatic N) is 1. The van der Waals surface area contributed by atoms with Crippen LogP contribution in [0.15, 0.2) is 47.8 Å². The van der Waals surface area contributed by atoms with Crippen molar-refractivity contribution < 1.29 is 19.1 Å². The third-order valence-electron chi connectivity index (χ3n) is 4.36. The summed E-state index contributed by atoms with van der Waals surface area (Å²) < 4.78 is 10.6. The van der Waals surface area contributed by atoms with E-state index in [0.29, 0.717) is 18.0 Å². The molecule has 156 valence electrons. The number of carbonyl (C=O) groups is 2. The summed E-state index contributed by atoms with van der Waals surface area (Å²) in [5.74, 6) is 1.21. The summed E-state index contributed by atoms with van der Waals surface area (Å²) in [4.78, 5) is 28.0. The van der Waals surface area contributed by atoms with E-state index in [9.17, 15) is 9.59 Å². The number of aromatic nitrogens is 1. The molecule has 0 radical (unpaired) electrons. The van der Waals surface area contributed by atoms with Crippen LogP contribution < -0.4 is 20.1 Å². The average molecular weight is 426 g/mol. The Morgan fingerprint density at radius 1 is 1.03 bits per heavy atom. The normalized spacial score (nSPS) is 10.4. The van der Waals surface area contributed by atoms with Gasteiger partial charge in [0.25, 0.3) is 0 Å². The Labute approximate surface area is 179 Å². The fraction of sp³-hybridized carbons (Fsp3) is 0.227. The molecule has 1 heterocycles. The number of aryl methyl sites for hydroxylation is 1. The molecule has 2 amide bonds. The van der Waals surface area contributed by atoms with E-state index >= 15 is 0 Å². The summed E-state index contributed by atoms with van der Waals surface area (Å²) in [6.45, 7) is 1.47. The topological polar surface area (TPSA) is 89.6 Å². The zero-order valence-electron chi connectivity index (χ0n) is 17.0.